The van der Waals surface area contributed by atoms with Gasteiger partial charge in [-0.15, -0.1) is 11.8 Å². The van der Waals surface area contributed by atoms with Crippen LogP contribution in [0.15, 0.2) is 29.2 Å². The molecule has 0 aromatic heterocycles. The van der Waals surface area contributed by atoms with Crippen LogP contribution >= 0.6 is 11.8 Å². The van der Waals surface area contributed by atoms with Gasteiger partial charge in [0.1, 0.15) is 0 Å². The molecule has 2 unspecified atom stereocenters. The first-order valence-electron chi connectivity index (χ1n) is 6.90. The van der Waals surface area contributed by atoms with E-state index in [4.69, 9.17) is 5.84 Å². The number of nitrogens with two attached hydrogens (primary N) is 1. The highest BCUT2D eigenvalue weighted by molar-refractivity contribution is 7.99. The van der Waals surface area contributed by atoms with Gasteiger partial charge in [-0.2, -0.15) is 0 Å². The first-order valence-corrected chi connectivity index (χ1v) is 7.88. The Bertz CT molecular complexity index is 324. The van der Waals surface area contributed by atoms with E-state index < -0.39 is 0 Å². The van der Waals surface area contributed by atoms with E-state index in [0.29, 0.717) is 5.92 Å². The number of benzene rings is 1. The zero-order chi connectivity index (χ0) is 13.4. The molecule has 0 aliphatic rings. The van der Waals surface area contributed by atoms with E-state index >= 15 is 0 Å². The Morgan fingerprint density at radius 3 is 2.39 bits per heavy atom. The Balaban J connectivity index is 2.63. The number of nitrogens with one attached hydrogen (secondary N) is 1. The maximum atomic E-state index is 5.69. The highest BCUT2D eigenvalue weighted by atomic mass is 32.2. The fraction of sp³-hybridized carbons (Fsp3) is 0.600. The monoisotopic (exact) mass is 266 g/mol. The number of hydrogen-bond donors (Lipinski definition) is 2. The Morgan fingerprint density at radius 1 is 1.22 bits per heavy atom. The van der Waals surface area contributed by atoms with Gasteiger partial charge in [0, 0.05) is 10.9 Å². The molecule has 0 heterocycles. The van der Waals surface area contributed by atoms with Crippen molar-refractivity contribution in [3.63, 3.8) is 0 Å². The molecule has 1 aromatic carbocycles. The lowest BCUT2D eigenvalue weighted by molar-refractivity contribution is 0.394. The molecule has 0 saturated carbocycles. The predicted molar refractivity (Wildman–Crippen MR) is 81.6 cm³/mol. The summed E-state index contributed by atoms with van der Waals surface area (Å²) in [5.74, 6) is 7.52. The van der Waals surface area contributed by atoms with Crippen molar-refractivity contribution in [1.82, 2.24) is 5.43 Å². The minimum Gasteiger partial charge on any atom is -0.271 e. The molecule has 0 bridgehead atoms. The standard InChI is InChI=1S/C15H26N2S/c1-4-6-12(3)11-15(17-16)13-7-9-14(10-8-13)18-5-2/h7-10,12,15,17H,4-6,11,16H2,1-3H3. The van der Waals surface area contributed by atoms with Crippen molar-refractivity contribution in [2.45, 2.75) is 51.0 Å². The molecule has 18 heavy (non-hydrogen) atoms. The van der Waals surface area contributed by atoms with Crippen molar-refractivity contribution >= 4 is 11.8 Å². The highest BCUT2D eigenvalue weighted by Gasteiger charge is 2.13. The van der Waals surface area contributed by atoms with Crippen LogP contribution in [0.5, 0.6) is 0 Å². The van der Waals surface area contributed by atoms with Crippen molar-refractivity contribution < 1.29 is 0 Å². The summed E-state index contributed by atoms with van der Waals surface area (Å²) in [6.45, 7) is 6.71. The summed E-state index contributed by atoms with van der Waals surface area (Å²) in [7, 11) is 0. The molecular weight excluding hydrogens is 240 g/mol. The highest BCUT2D eigenvalue weighted by Crippen LogP contribution is 2.25. The molecule has 3 heteroatoms. The summed E-state index contributed by atoms with van der Waals surface area (Å²) in [5, 5.41) is 0. The lowest BCUT2D eigenvalue weighted by atomic mass is 9.93. The van der Waals surface area contributed by atoms with Gasteiger partial charge in [0.2, 0.25) is 0 Å². The van der Waals surface area contributed by atoms with E-state index in [1.807, 2.05) is 11.8 Å². The van der Waals surface area contributed by atoms with Crippen LogP contribution in [0.25, 0.3) is 0 Å². The molecule has 102 valence electrons. The maximum absolute atomic E-state index is 5.69. The Kier molecular flexibility index (Phi) is 7.40. The molecule has 0 amide bonds. The molecule has 1 aromatic rings. The Hall–Kier alpha value is -0.510. The van der Waals surface area contributed by atoms with Crippen LogP contribution in [0, 0.1) is 5.92 Å². The fourth-order valence-electron chi connectivity index (χ4n) is 2.28. The summed E-state index contributed by atoms with van der Waals surface area (Å²) in [6, 6.07) is 9.05. The zero-order valence-corrected chi connectivity index (χ0v) is 12.6. The molecule has 0 saturated heterocycles. The van der Waals surface area contributed by atoms with Crippen LogP contribution in [0.4, 0.5) is 0 Å². The van der Waals surface area contributed by atoms with Crippen molar-refractivity contribution in [3.05, 3.63) is 29.8 Å². The topological polar surface area (TPSA) is 38.0 Å². The van der Waals surface area contributed by atoms with E-state index in [-0.39, 0.29) is 6.04 Å². The number of hydrazine groups is 1. The van der Waals surface area contributed by atoms with Crippen molar-refractivity contribution in [2.24, 2.45) is 11.8 Å². The van der Waals surface area contributed by atoms with E-state index in [1.54, 1.807) is 0 Å². The molecule has 0 fully saturated rings. The molecule has 3 N–H and O–H groups in total. The summed E-state index contributed by atoms with van der Waals surface area (Å²) in [6.07, 6.45) is 3.61. The van der Waals surface area contributed by atoms with Gasteiger partial charge in [-0.3, -0.25) is 11.3 Å². The number of hydrogen-bond acceptors (Lipinski definition) is 3. The van der Waals surface area contributed by atoms with Crippen molar-refractivity contribution in [3.8, 4) is 0 Å². The Morgan fingerprint density at radius 2 is 1.89 bits per heavy atom. The van der Waals surface area contributed by atoms with Gasteiger partial charge in [0.05, 0.1) is 0 Å². The van der Waals surface area contributed by atoms with Gasteiger partial charge in [0.25, 0.3) is 0 Å². The Labute approximate surface area is 116 Å². The lowest BCUT2D eigenvalue weighted by Crippen LogP contribution is -2.29. The maximum Gasteiger partial charge on any atom is 0.0462 e. The van der Waals surface area contributed by atoms with Crippen LogP contribution < -0.4 is 11.3 Å². The smallest absolute Gasteiger partial charge is 0.0462 e. The van der Waals surface area contributed by atoms with E-state index in [0.717, 1.165) is 12.2 Å². The van der Waals surface area contributed by atoms with Crippen molar-refractivity contribution in [2.75, 3.05) is 5.75 Å². The van der Waals surface area contributed by atoms with Gasteiger partial charge < -0.3 is 0 Å². The van der Waals surface area contributed by atoms with Gasteiger partial charge >= 0.3 is 0 Å². The average Bonchev–Trinajstić information content (AvgIpc) is 2.38. The number of rotatable bonds is 8. The summed E-state index contributed by atoms with van der Waals surface area (Å²) in [5.41, 5.74) is 4.24. The second kappa shape index (κ2) is 8.57. The molecular formula is C15H26N2S. The first-order chi connectivity index (χ1) is 8.71. The quantitative estimate of drug-likeness (QED) is 0.422. The van der Waals surface area contributed by atoms with Crippen LogP contribution in [0.3, 0.4) is 0 Å². The van der Waals surface area contributed by atoms with E-state index in [1.165, 1.54) is 23.3 Å². The minimum absolute atomic E-state index is 0.271. The van der Waals surface area contributed by atoms with E-state index in [9.17, 15) is 0 Å². The van der Waals surface area contributed by atoms with Crippen LogP contribution in [-0.2, 0) is 0 Å². The lowest BCUT2D eigenvalue weighted by Gasteiger charge is -2.20. The summed E-state index contributed by atoms with van der Waals surface area (Å²) >= 11 is 1.87. The van der Waals surface area contributed by atoms with Gasteiger partial charge in [-0.25, -0.2) is 0 Å². The van der Waals surface area contributed by atoms with Crippen molar-refractivity contribution in [1.29, 1.82) is 0 Å². The minimum atomic E-state index is 0.271. The molecule has 2 nitrogen and oxygen atoms in total. The fourth-order valence-corrected chi connectivity index (χ4v) is 2.94. The van der Waals surface area contributed by atoms with Crippen LogP contribution in [0.2, 0.25) is 0 Å². The third-order valence-corrected chi connectivity index (χ3v) is 4.11. The molecule has 0 aliphatic carbocycles. The zero-order valence-electron chi connectivity index (χ0n) is 11.8. The largest absolute Gasteiger partial charge is 0.271 e. The van der Waals surface area contributed by atoms with Gasteiger partial charge in [0.15, 0.2) is 0 Å². The number of thioether (sulfide) groups is 1. The molecule has 2 atom stereocenters. The first kappa shape index (κ1) is 15.5. The SMILES string of the molecule is CCCC(C)CC(NN)c1ccc(SCC)cc1. The second-order valence-corrected chi connectivity index (χ2v) is 6.19. The third kappa shape index (κ3) is 5.01. The normalized spacial score (nSPS) is 14.4. The molecule has 0 radical (unpaired) electrons. The summed E-state index contributed by atoms with van der Waals surface area (Å²) < 4.78 is 0. The predicted octanol–water partition coefficient (Wildman–Crippen LogP) is 4.13. The van der Waals surface area contributed by atoms with Crippen LogP contribution in [-0.4, -0.2) is 5.75 Å². The summed E-state index contributed by atoms with van der Waals surface area (Å²) in [4.78, 5) is 1.33. The third-order valence-electron chi connectivity index (χ3n) is 3.21. The van der Waals surface area contributed by atoms with Crippen LogP contribution in [0.1, 0.15) is 51.6 Å². The average molecular weight is 266 g/mol. The molecule has 1 rings (SSSR count). The second-order valence-electron chi connectivity index (χ2n) is 4.85. The molecule has 0 spiro atoms. The van der Waals surface area contributed by atoms with Gasteiger partial charge in [-0.05, 0) is 35.8 Å². The molecule has 0 aliphatic heterocycles. The van der Waals surface area contributed by atoms with E-state index in [2.05, 4.69) is 50.5 Å². The van der Waals surface area contributed by atoms with Gasteiger partial charge in [-0.1, -0.05) is 45.7 Å².